The highest BCUT2D eigenvalue weighted by Gasteiger charge is 2.54. The highest BCUT2D eigenvalue weighted by molar-refractivity contribution is 8.00. The minimum atomic E-state index is -0.687. The Morgan fingerprint density at radius 3 is 2.79 bits per heavy atom. The van der Waals surface area contributed by atoms with E-state index in [4.69, 9.17) is 16.3 Å². The van der Waals surface area contributed by atoms with Crippen molar-refractivity contribution in [3.63, 3.8) is 0 Å². The summed E-state index contributed by atoms with van der Waals surface area (Å²) >= 11 is 8.74. The van der Waals surface area contributed by atoms with E-state index < -0.39 is 17.6 Å². The van der Waals surface area contributed by atoms with Crippen LogP contribution in [0.15, 0.2) is 40.9 Å². The first kappa shape index (κ1) is 21.9. The number of alkyl halides is 1. The van der Waals surface area contributed by atoms with Crippen molar-refractivity contribution in [2.75, 3.05) is 11.6 Å². The van der Waals surface area contributed by atoms with Gasteiger partial charge in [0.1, 0.15) is 22.7 Å². The number of nitrogens with zero attached hydrogens (tertiary/aromatic N) is 1. The Kier molecular flexibility index (Phi) is 6.76. The third-order valence-electron chi connectivity index (χ3n) is 4.23. The number of hydrogen-bond donors (Lipinski definition) is 1. The molecule has 9 heteroatoms. The van der Waals surface area contributed by atoms with Gasteiger partial charge in [-0.3, -0.25) is 14.5 Å². The van der Waals surface area contributed by atoms with Crippen LogP contribution in [0.5, 0.6) is 0 Å². The number of nitrogens with one attached hydrogen (secondary N) is 1. The number of halogens is 1. The Morgan fingerprint density at radius 2 is 2.17 bits per heavy atom. The molecule has 2 aliphatic heterocycles. The van der Waals surface area contributed by atoms with Crippen molar-refractivity contribution >= 4 is 52.5 Å². The molecule has 0 spiro atoms. The average Bonchev–Trinajstić information content (AvgIpc) is 3.15. The zero-order valence-electron chi connectivity index (χ0n) is 16.4. The van der Waals surface area contributed by atoms with Crippen molar-refractivity contribution in [2.24, 2.45) is 0 Å². The molecule has 6 nitrogen and oxygen atoms in total. The second kappa shape index (κ2) is 8.93. The molecule has 1 fully saturated rings. The molecule has 2 atom stereocenters. The maximum Gasteiger partial charge on any atom is 0.355 e. The second-order valence-electron chi connectivity index (χ2n) is 7.64. The highest BCUT2D eigenvalue weighted by atomic mass is 35.5. The summed E-state index contributed by atoms with van der Waals surface area (Å²) in [6.07, 6.45) is 3.72. The molecular weight excluding hydrogens is 432 g/mol. The summed E-state index contributed by atoms with van der Waals surface area (Å²) in [5.74, 6) is -0.239. The average molecular weight is 455 g/mol. The summed E-state index contributed by atoms with van der Waals surface area (Å²) in [7, 11) is 0. The van der Waals surface area contributed by atoms with E-state index in [1.807, 2.05) is 17.5 Å². The zero-order valence-corrected chi connectivity index (χ0v) is 18.8. The number of amides is 2. The molecule has 0 bridgehead atoms. The van der Waals surface area contributed by atoms with E-state index in [9.17, 15) is 14.4 Å². The quantitative estimate of drug-likeness (QED) is 0.406. The summed E-state index contributed by atoms with van der Waals surface area (Å²) in [4.78, 5) is 40.4. The van der Waals surface area contributed by atoms with E-state index in [0.717, 1.165) is 4.88 Å². The molecule has 0 unspecified atom stereocenters. The van der Waals surface area contributed by atoms with Gasteiger partial charge in [-0.15, -0.1) is 34.7 Å². The van der Waals surface area contributed by atoms with Crippen molar-refractivity contribution in [1.82, 2.24) is 10.2 Å². The Bertz CT molecular complexity index is 858. The van der Waals surface area contributed by atoms with Crippen LogP contribution in [0.3, 0.4) is 0 Å². The van der Waals surface area contributed by atoms with Crippen molar-refractivity contribution in [1.29, 1.82) is 0 Å². The maximum atomic E-state index is 12.8. The lowest BCUT2D eigenvalue weighted by molar-refractivity contribution is -0.158. The molecule has 1 saturated heterocycles. The number of thioether (sulfide) groups is 1. The third-order valence-corrected chi connectivity index (χ3v) is 6.59. The van der Waals surface area contributed by atoms with Crippen molar-refractivity contribution in [2.45, 2.75) is 44.2 Å². The summed E-state index contributed by atoms with van der Waals surface area (Å²) in [5.41, 5.74) is 0.241. The second-order valence-corrected chi connectivity index (χ2v) is 10.1. The van der Waals surface area contributed by atoms with E-state index in [1.54, 1.807) is 32.9 Å². The van der Waals surface area contributed by atoms with Crippen LogP contribution in [0, 0.1) is 0 Å². The largest absolute Gasteiger partial charge is 0.455 e. The lowest BCUT2D eigenvalue weighted by Gasteiger charge is -2.49. The predicted molar refractivity (Wildman–Crippen MR) is 116 cm³/mol. The number of ether oxygens (including phenoxy) is 1. The first-order valence-electron chi connectivity index (χ1n) is 9.16. The monoisotopic (exact) mass is 454 g/mol. The van der Waals surface area contributed by atoms with Gasteiger partial charge in [0.05, 0.1) is 6.42 Å². The standard InChI is InChI=1S/C20H23ClN2O4S2/c1-20(2,3)27-19(26)16-12(6-4-8-21)11-29-18-15(17(25)23(16)18)22-14(24)10-13-7-5-9-28-13/h4-7,9,15,18H,8,10-11H2,1-3H3,(H,22,24)/t15-,18+/m1/s1. The number of allylic oxidation sites excluding steroid dienone is 2. The normalized spacial score (nSPS) is 21.8. The molecule has 1 aromatic heterocycles. The van der Waals surface area contributed by atoms with Crippen molar-refractivity contribution in [3.8, 4) is 0 Å². The van der Waals surface area contributed by atoms with E-state index >= 15 is 0 Å². The predicted octanol–water partition coefficient (Wildman–Crippen LogP) is 3.08. The molecule has 2 amide bonds. The van der Waals surface area contributed by atoms with Crippen LogP contribution in [-0.4, -0.2) is 51.3 Å². The van der Waals surface area contributed by atoms with Gasteiger partial charge in [-0.2, -0.15) is 0 Å². The van der Waals surface area contributed by atoms with E-state index in [-0.39, 0.29) is 29.3 Å². The van der Waals surface area contributed by atoms with Crippen LogP contribution in [0.25, 0.3) is 0 Å². The van der Waals surface area contributed by atoms with Crippen LogP contribution in [-0.2, 0) is 25.5 Å². The van der Waals surface area contributed by atoms with Gasteiger partial charge in [-0.25, -0.2) is 4.79 Å². The minimum absolute atomic E-state index is 0.207. The first-order chi connectivity index (χ1) is 13.7. The van der Waals surface area contributed by atoms with Crippen LogP contribution < -0.4 is 5.32 Å². The van der Waals surface area contributed by atoms with Crippen molar-refractivity contribution in [3.05, 3.63) is 45.8 Å². The Balaban J connectivity index is 1.77. The fourth-order valence-corrected chi connectivity index (χ4v) is 5.18. The van der Waals surface area contributed by atoms with Gasteiger partial charge in [-0.05, 0) is 37.8 Å². The highest BCUT2D eigenvalue weighted by Crippen LogP contribution is 2.41. The topological polar surface area (TPSA) is 75.7 Å². The molecule has 156 valence electrons. The molecule has 2 aliphatic rings. The third kappa shape index (κ3) is 5.05. The van der Waals surface area contributed by atoms with E-state index in [2.05, 4.69) is 5.32 Å². The number of carbonyl (C=O) groups is 3. The van der Waals surface area contributed by atoms with E-state index in [1.165, 1.54) is 28.0 Å². The fraction of sp³-hybridized carbons (Fsp3) is 0.450. The molecule has 0 saturated carbocycles. The smallest absolute Gasteiger partial charge is 0.355 e. The van der Waals surface area contributed by atoms with Gasteiger partial charge < -0.3 is 10.1 Å². The summed E-state index contributed by atoms with van der Waals surface area (Å²) < 4.78 is 5.52. The van der Waals surface area contributed by atoms with Gasteiger partial charge in [0.25, 0.3) is 5.91 Å². The maximum absolute atomic E-state index is 12.8. The first-order valence-corrected chi connectivity index (χ1v) is 11.6. The fourth-order valence-electron chi connectivity index (χ4n) is 3.07. The Labute approximate surface area is 183 Å². The lowest BCUT2D eigenvalue weighted by atomic mass is 10.0. The van der Waals surface area contributed by atoms with Crippen LogP contribution in [0.4, 0.5) is 0 Å². The molecule has 0 aliphatic carbocycles. The summed E-state index contributed by atoms with van der Waals surface area (Å²) in [6.45, 7) is 5.33. The number of thiophene rings is 1. The van der Waals surface area contributed by atoms with Crippen LogP contribution >= 0.6 is 34.7 Å². The summed E-state index contributed by atoms with van der Waals surface area (Å²) in [5, 5.41) is 4.39. The van der Waals surface area contributed by atoms with Gasteiger partial charge in [0.15, 0.2) is 0 Å². The minimum Gasteiger partial charge on any atom is -0.455 e. The van der Waals surface area contributed by atoms with Gasteiger partial charge >= 0.3 is 5.97 Å². The van der Waals surface area contributed by atoms with Crippen molar-refractivity contribution < 1.29 is 19.1 Å². The SMILES string of the molecule is CC(C)(C)OC(=O)C1=C(C=CCCl)CS[C@H]2[C@H](NC(=O)Cc3cccs3)C(=O)N12. The molecule has 1 aromatic rings. The van der Waals surface area contributed by atoms with Gasteiger partial charge in [-0.1, -0.05) is 18.2 Å². The molecule has 29 heavy (non-hydrogen) atoms. The Hall–Kier alpha value is -1.77. The van der Waals surface area contributed by atoms with E-state index in [0.29, 0.717) is 17.2 Å². The molecule has 0 radical (unpaired) electrons. The number of esters is 1. The zero-order chi connectivity index (χ0) is 21.2. The van der Waals surface area contributed by atoms with Crippen LogP contribution in [0.2, 0.25) is 0 Å². The number of hydrogen-bond acceptors (Lipinski definition) is 6. The molecular formula is C20H23ClN2O4S2. The van der Waals surface area contributed by atoms with Gasteiger partial charge in [0, 0.05) is 16.5 Å². The number of β-lactam (4-membered cyclic amide) rings is 1. The Morgan fingerprint density at radius 1 is 1.41 bits per heavy atom. The lowest BCUT2D eigenvalue weighted by Crippen LogP contribution is -2.70. The van der Waals surface area contributed by atoms with Gasteiger partial charge in [0.2, 0.25) is 5.91 Å². The molecule has 3 rings (SSSR count). The number of rotatable bonds is 6. The molecule has 3 heterocycles. The van der Waals surface area contributed by atoms with Crippen LogP contribution in [0.1, 0.15) is 25.6 Å². The molecule has 1 N–H and O–H groups in total. The summed E-state index contributed by atoms with van der Waals surface area (Å²) in [6, 6.07) is 3.12. The number of carbonyl (C=O) groups excluding carboxylic acids is 3. The number of fused-ring (bicyclic) bond motifs is 1. The molecule has 0 aromatic carbocycles.